The molecule has 2 nitrogen and oxygen atoms in total. The van der Waals surface area contributed by atoms with Gasteiger partial charge in [0, 0.05) is 6.04 Å². The molecule has 1 unspecified atom stereocenters. The highest BCUT2D eigenvalue weighted by Crippen LogP contribution is 2.40. The SMILES string of the molecule is NNC(c1cccc(F)c1)C1CC1. The van der Waals surface area contributed by atoms with E-state index >= 15 is 0 Å². The van der Waals surface area contributed by atoms with Crippen LogP contribution in [0.1, 0.15) is 24.4 Å². The molecule has 2 rings (SSSR count). The first-order valence-corrected chi connectivity index (χ1v) is 4.53. The summed E-state index contributed by atoms with van der Waals surface area (Å²) in [5.74, 6) is 5.82. The number of benzene rings is 1. The largest absolute Gasteiger partial charge is 0.271 e. The van der Waals surface area contributed by atoms with Crippen molar-refractivity contribution in [2.75, 3.05) is 0 Å². The van der Waals surface area contributed by atoms with E-state index < -0.39 is 0 Å². The molecule has 13 heavy (non-hydrogen) atoms. The highest BCUT2D eigenvalue weighted by Gasteiger charge is 2.31. The van der Waals surface area contributed by atoms with Crippen LogP contribution in [0.5, 0.6) is 0 Å². The summed E-state index contributed by atoms with van der Waals surface area (Å²) in [5.41, 5.74) is 3.69. The molecule has 1 aromatic carbocycles. The Morgan fingerprint density at radius 3 is 2.77 bits per heavy atom. The molecule has 0 bridgehead atoms. The number of halogens is 1. The van der Waals surface area contributed by atoms with Gasteiger partial charge in [0.25, 0.3) is 0 Å². The van der Waals surface area contributed by atoms with E-state index in [0.29, 0.717) is 5.92 Å². The topological polar surface area (TPSA) is 38.0 Å². The summed E-state index contributed by atoms with van der Waals surface area (Å²) < 4.78 is 12.9. The molecule has 1 saturated carbocycles. The Balaban J connectivity index is 2.21. The summed E-state index contributed by atoms with van der Waals surface area (Å²) >= 11 is 0. The van der Waals surface area contributed by atoms with Gasteiger partial charge in [-0.15, -0.1) is 0 Å². The van der Waals surface area contributed by atoms with E-state index in [2.05, 4.69) is 5.43 Å². The summed E-state index contributed by atoms with van der Waals surface area (Å²) in [4.78, 5) is 0. The number of hydrazine groups is 1. The molecule has 0 heterocycles. The number of nitrogens with two attached hydrogens (primary N) is 1. The average Bonchev–Trinajstić information content (AvgIpc) is 2.90. The van der Waals surface area contributed by atoms with Gasteiger partial charge in [-0.05, 0) is 36.5 Å². The quantitative estimate of drug-likeness (QED) is 0.549. The fourth-order valence-electron chi connectivity index (χ4n) is 1.63. The molecule has 1 fully saturated rings. The maximum Gasteiger partial charge on any atom is 0.123 e. The van der Waals surface area contributed by atoms with Gasteiger partial charge in [0.2, 0.25) is 0 Å². The summed E-state index contributed by atoms with van der Waals surface area (Å²) in [7, 11) is 0. The molecule has 1 aromatic rings. The average molecular weight is 180 g/mol. The lowest BCUT2D eigenvalue weighted by atomic mass is 10.0. The standard InChI is InChI=1S/C10H13FN2/c11-9-3-1-2-8(6-9)10(13-12)7-4-5-7/h1-3,6-7,10,13H,4-5,12H2. The molecule has 1 aliphatic carbocycles. The monoisotopic (exact) mass is 180 g/mol. The Labute approximate surface area is 76.9 Å². The van der Waals surface area contributed by atoms with E-state index in [1.165, 1.54) is 18.9 Å². The minimum atomic E-state index is -0.196. The van der Waals surface area contributed by atoms with Gasteiger partial charge in [0.1, 0.15) is 5.82 Å². The van der Waals surface area contributed by atoms with Crippen molar-refractivity contribution in [3.8, 4) is 0 Å². The molecule has 3 N–H and O–H groups in total. The second kappa shape index (κ2) is 3.44. The minimum Gasteiger partial charge on any atom is -0.271 e. The lowest BCUT2D eigenvalue weighted by Crippen LogP contribution is -2.29. The smallest absolute Gasteiger partial charge is 0.123 e. The molecular weight excluding hydrogens is 167 g/mol. The van der Waals surface area contributed by atoms with Crippen LogP contribution in [0.25, 0.3) is 0 Å². The van der Waals surface area contributed by atoms with E-state index in [0.717, 1.165) is 5.56 Å². The second-order valence-corrected chi connectivity index (χ2v) is 3.54. The zero-order valence-electron chi connectivity index (χ0n) is 7.33. The molecule has 0 saturated heterocycles. The van der Waals surface area contributed by atoms with Crippen LogP contribution in [0.15, 0.2) is 24.3 Å². The van der Waals surface area contributed by atoms with Crippen molar-refractivity contribution < 1.29 is 4.39 Å². The fourth-order valence-corrected chi connectivity index (χ4v) is 1.63. The second-order valence-electron chi connectivity index (χ2n) is 3.54. The predicted octanol–water partition coefficient (Wildman–Crippen LogP) is 1.74. The summed E-state index contributed by atoms with van der Waals surface area (Å²) in [6.45, 7) is 0. The van der Waals surface area contributed by atoms with E-state index in [1.54, 1.807) is 12.1 Å². The molecule has 0 aromatic heterocycles. The fraction of sp³-hybridized carbons (Fsp3) is 0.400. The first-order chi connectivity index (χ1) is 6.31. The van der Waals surface area contributed by atoms with Gasteiger partial charge in [-0.25, -0.2) is 4.39 Å². The highest BCUT2D eigenvalue weighted by atomic mass is 19.1. The lowest BCUT2D eigenvalue weighted by molar-refractivity contribution is 0.493. The van der Waals surface area contributed by atoms with E-state index in [1.807, 2.05) is 6.07 Å². The summed E-state index contributed by atoms with van der Waals surface area (Å²) in [5, 5.41) is 0. The number of hydrogen-bond acceptors (Lipinski definition) is 2. The van der Waals surface area contributed by atoms with E-state index in [9.17, 15) is 4.39 Å². The Kier molecular flexibility index (Phi) is 2.29. The normalized spacial score (nSPS) is 18.6. The molecule has 3 heteroatoms. The van der Waals surface area contributed by atoms with Crippen molar-refractivity contribution in [1.82, 2.24) is 5.43 Å². The number of nitrogens with one attached hydrogen (secondary N) is 1. The van der Waals surface area contributed by atoms with Gasteiger partial charge in [-0.2, -0.15) is 0 Å². The Morgan fingerprint density at radius 2 is 2.23 bits per heavy atom. The van der Waals surface area contributed by atoms with Crippen molar-refractivity contribution in [3.63, 3.8) is 0 Å². The van der Waals surface area contributed by atoms with Gasteiger partial charge in [0.05, 0.1) is 0 Å². The summed E-state index contributed by atoms with van der Waals surface area (Å²) in [6.07, 6.45) is 2.37. The van der Waals surface area contributed by atoms with Crippen molar-refractivity contribution in [3.05, 3.63) is 35.6 Å². The molecule has 1 aliphatic rings. The predicted molar refractivity (Wildman–Crippen MR) is 49.2 cm³/mol. The zero-order chi connectivity index (χ0) is 9.26. The van der Waals surface area contributed by atoms with Gasteiger partial charge in [-0.1, -0.05) is 12.1 Å². The molecule has 70 valence electrons. The highest BCUT2D eigenvalue weighted by molar-refractivity contribution is 5.21. The lowest BCUT2D eigenvalue weighted by Gasteiger charge is -2.14. The Hall–Kier alpha value is -0.930. The van der Waals surface area contributed by atoms with Gasteiger partial charge < -0.3 is 0 Å². The molecule has 0 aliphatic heterocycles. The molecule has 0 amide bonds. The van der Waals surface area contributed by atoms with Crippen LogP contribution in [0, 0.1) is 11.7 Å². The van der Waals surface area contributed by atoms with Crippen molar-refractivity contribution >= 4 is 0 Å². The maximum atomic E-state index is 12.9. The first kappa shape index (κ1) is 8.66. The van der Waals surface area contributed by atoms with Crippen LogP contribution < -0.4 is 11.3 Å². The van der Waals surface area contributed by atoms with E-state index in [-0.39, 0.29) is 11.9 Å². The van der Waals surface area contributed by atoms with Crippen molar-refractivity contribution in [2.45, 2.75) is 18.9 Å². The zero-order valence-corrected chi connectivity index (χ0v) is 7.33. The van der Waals surface area contributed by atoms with Crippen molar-refractivity contribution in [2.24, 2.45) is 11.8 Å². The first-order valence-electron chi connectivity index (χ1n) is 4.53. The third-order valence-corrected chi connectivity index (χ3v) is 2.48. The third kappa shape index (κ3) is 1.87. The van der Waals surface area contributed by atoms with Gasteiger partial charge >= 0.3 is 0 Å². The maximum absolute atomic E-state index is 12.9. The van der Waals surface area contributed by atoms with Crippen molar-refractivity contribution in [1.29, 1.82) is 0 Å². The van der Waals surface area contributed by atoms with Crippen LogP contribution in [-0.2, 0) is 0 Å². The Bertz CT molecular complexity index is 297. The van der Waals surface area contributed by atoms with Crippen LogP contribution in [0.3, 0.4) is 0 Å². The van der Waals surface area contributed by atoms with Crippen LogP contribution >= 0.6 is 0 Å². The van der Waals surface area contributed by atoms with Crippen LogP contribution in [0.2, 0.25) is 0 Å². The summed E-state index contributed by atoms with van der Waals surface area (Å²) in [6, 6.07) is 6.74. The van der Waals surface area contributed by atoms with Crippen LogP contribution in [0.4, 0.5) is 4.39 Å². The minimum absolute atomic E-state index is 0.121. The number of rotatable bonds is 3. The third-order valence-electron chi connectivity index (χ3n) is 2.48. The number of hydrogen-bond donors (Lipinski definition) is 2. The van der Waals surface area contributed by atoms with E-state index in [4.69, 9.17) is 5.84 Å². The van der Waals surface area contributed by atoms with Crippen LogP contribution in [-0.4, -0.2) is 0 Å². The molecule has 0 spiro atoms. The van der Waals surface area contributed by atoms with Gasteiger partial charge in [-0.3, -0.25) is 11.3 Å². The van der Waals surface area contributed by atoms with Gasteiger partial charge in [0.15, 0.2) is 0 Å². The molecule has 1 atom stereocenters. The molecule has 0 radical (unpaired) electrons. The molecular formula is C10H13FN2. The Morgan fingerprint density at radius 1 is 1.46 bits per heavy atom.